The first-order chi connectivity index (χ1) is 15.7. The topological polar surface area (TPSA) is 71.3 Å². The molecule has 0 aliphatic heterocycles. The van der Waals surface area contributed by atoms with Gasteiger partial charge in [-0.1, -0.05) is 78.9 Å². The molecular weight excluding hydrogens is 400 g/mol. The molecular formula is C27H22N2O3. The van der Waals surface area contributed by atoms with Crippen LogP contribution in [0.25, 0.3) is 6.08 Å². The molecule has 0 fully saturated rings. The molecule has 5 heteroatoms. The Balaban J connectivity index is 1.64. The Morgan fingerprint density at radius 1 is 0.719 bits per heavy atom. The van der Waals surface area contributed by atoms with Crippen molar-refractivity contribution in [3.05, 3.63) is 138 Å². The van der Waals surface area contributed by atoms with Crippen LogP contribution in [-0.2, 0) is 4.79 Å². The van der Waals surface area contributed by atoms with Crippen LogP contribution in [0.5, 0.6) is 0 Å². The molecule has 0 aliphatic carbocycles. The molecule has 1 heterocycles. The number of carbonyl (C=O) groups is 2. The second-order valence-corrected chi connectivity index (χ2v) is 7.12. The standard InChI is InChI=1S/C27H22N2O3/c30-26(22-15-8-3-9-16-22)28-24(19-23-17-10-18-32-23)27(31)29-25(20-11-4-1-5-12-20)21-13-6-2-7-14-21/h1-19,25H,(H,28,30)(H,29,31)/b24-19+. The van der Waals surface area contributed by atoms with Crippen molar-refractivity contribution >= 4 is 17.9 Å². The minimum Gasteiger partial charge on any atom is -0.465 e. The Kier molecular flexibility index (Phi) is 6.58. The summed E-state index contributed by atoms with van der Waals surface area (Å²) in [6.45, 7) is 0. The molecule has 32 heavy (non-hydrogen) atoms. The summed E-state index contributed by atoms with van der Waals surface area (Å²) < 4.78 is 5.37. The summed E-state index contributed by atoms with van der Waals surface area (Å²) in [6.07, 6.45) is 3.03. The molecule has 0 saturated carbocycles. The van der Waals surface area contributed by atoms with Crippen molar-refractivity contribution in [1.82, 2.24) is 10.6 Å². The van der Waals surface area contributed by atoms with E-state index in [1.54, 1.807) is 36.4 Å². The average molecular weight is 422 g/mol. The van der Waals surface area contributed by atoms with E-state index in [1.165, 1.54) is 12.3 Å². The summed E-state index contributed by atoms with van der Waals surface area (Å²) >= 11 is 0. The van der Waals surface area contributed by atoms with E-state index in [9.17, 15) is 9.59 Å². The van der Waals surface area contributed by atoms with Crippen LogP contribution in [0.4, 0.5) is 0 Å². The Labute approximate surface area is 186 Å². The van der Waals surface area contributed by atoms with E-state index in [4.69, 9.17) is 4.42 Å². The minimum absolute atomic E-state index is 0.0886. The second-order valence-electron chi connectivity index (χ2n) is 7.12. The van der Waals surface area contributed by atoms with E-state index < -0.39 is 11.9 Å². The highest BCUT2D eigenvalue weighted by atomic mass is 16.3. The van der Waals surface area contributed by atoms with Crippen molar-refractivity contribution in [3.8, 4) is 0 Å². The maximum absolute atomic E-state index is 13.4. The van der Waals surface area contributed by atoms with Crippen molar-refractivity contribution in [2.75, 3.05) is 0 Å². The fourth-order valence-corrected chi connectivity index (χ4v) is 3.32. The first-order valence-corrected chi connectivity index (χ1v) is 10.2. The van der Waals surface area contributed by atoms with Crippen LogP contribution >= 0.6 is 0 Å². The van der Waals surface area contributed by atoms with Crippen LogP contribution < -0.4 is 10.6 Å². The van der Waals surface area contributed by atoms with E-state index >= 15 is 0 Å². The molecule has 0 atom stereocenters. The van der Waals surface area contributed by atoms with Gasteiger partial charge in [-0.15, -0.1) is 0 Å². The van der Waals surface area contributed by atoms with Gasteiger partial charge in [0.2, 0.25) is 0 Å². The van der Waals surface area contributed by atoms with E-state index in [2.05, 4.69) is 10.6 Å². The zero-order valence-corrected chi connectivity index (χ0v) is 17.3. The number of benzene rings is 3. The van der Waals surface area contributed by atoms with Crippen molar-refractivity contribution in [2.24, 2.45) is 0 Å². The van der Waals surface area contributed by atoms with Gasteiger partial charge in [-0.25, -0.2) is 0 Å². The molecule has 0 radical (unpaired) electrons. The number of hydrogen-bond acceptors (Lipinski definition) is 3. The normalized spacial score (nSPS) is 11.2. The van der Waals surface area contributed by atoms with Crippen molar-refractivity contribution < 1.29 is 14.0 Å². The molecule has 4 aromatic rings. The predicted octanol–water partition coefficient (Wildman–Crippen LogP) is 4.96. The monoisotopic (exact) mass is 422 g/mol. The van der Waals surface area contributed by atoms with Gasteiger partial charge in [-0.05, 0) is 35.4 Å². The first-order valence-electron chi connectivity index (χ1n) is 10.2. The molecule has 5 nitrogen and oxygen atoms in total. The van der Waals surface area contributed by atoms with Gasteiger partial charge in [0.1, 0.15) is 11.5 Å². The third-order valence-corrected chi connectivity index (χ3v) is 4.90. The number of nitrogens with one attached hydrogen (secondary N) is 2. The van der Waals surface area contributed by atoms with Crippen molar-refractivity contribution in [1.29, 1.82) is 0 Å². The summed E-state index contributed by atoms with van der Waals surface area (Å²) in [6, 6.07) is 31.2. The van der Waals surface area contributed by atoms with Gasteiger partial charge >= 0.3 is 0 Å². The molecule has 2 N–H and O–H groups in total. The molecule has 2 amide bonds. The average Bonchev–Trinajstić information content (AvgIpc) is 3.37. The molecule has 4 rings (SSSR count). The maximum Gasteiger partial charge on any atom is 0.268 e. The third kappa shape index (κ3) is 5.21. The van der Waals surface area contributed by atoms with Crippen molar-refractivity contribution in [2.45, 2.75) is 6.04 Å². The Morgan fingerprint density at radius 2 is 1.28 bits per heavy atom. The zero-order valence-electron chi connectivity index (χ0n) is 17.3. The van der Waals surface area contributed by atoms with Gasteiger partial charge in [-0.3, -0.25) is 9.59 Å². The molecule has 0 unspecified atom stereocenters. The summed E-state index contributed by atoms with van der Waals surface area (Å²) in [5, 5.41) is 5.79. The molecule has 0 spiro atoms. The molecule has 3 aromatic carbocycles. The fourth-order valence-electron chi connectivity index (χ4n) is 3.32. The van der Waals surface area contributed by atoms with E-state index in [0.29, 0.717) is 11.3 Å². The fraction of sp³-hybridized carbons (Fsp3) is 0.0370. The molecule has 158 valence electrons. The number of rotatable bonds is 7. The maximum atomic E-state index is 13.4. The SMILES string of the molecule is O=C(NC(c1ccccc1)c1ccccc1)/C(=C\c1ccco1)NC(=O)c1ccccc1. The van der Waals surface area contributed by atoms with E-state index in [1.807, 2.05) is 66.7 Å². The van der Waals surface area contributed by atoms with Crippen LogP contribution in [-0.4, -0.2) is 11.8 Å². The van der Waals surface area contributed by atoms with E-state index in [0.717, 1.165) is 11.1 Å². The first kappa shape index (κ1) is 20.9. The summed E-state index contributed by atoms with van der Waals surface area (Å²) in [5.41, 5.74) is 2.40. The zero-order chi connectivity index (χ0) is 22.2. The Hall–Kier alpha value is -4.38. The van der Waals surface area contributed by atoms with Gasteiger partial charge in [0.15, 0.2) is 0 Å². The largest absolute Gasteiger partial charge is 0.465 e. The molecule has 0 bridgehead atoms. The minimum atomic E-state index is -0.427. The van der Waals surface area contributed by atoms with E-state index in [-0.39, 0.29) is 11.6 Å². The summed E-state index contributed by atoms with van der Waals surface area (Å²) in [4.78, 5) is 26.1. The summed E-state index contributed by atoms with van der Waals surface area (Å²) in [7, 11) is 0. The van der Waals surface area contributed by atoms with Crippen LogP contribution in [0.15, 0.2) is 120 Å². The van der Waals surface area contributed by atoms with Gasteiger partial charge in [0.05, 0.1) is 12.3 Å². The summed E-state index contributed by atoms with van der Waals surface area (Å²) in [5.74, 6) is -0.350. The number of amides is 2. The number of hydrogen-bond donors (Lipinski definition) is 2. The van der Waals surface area contributed by atoms with Gasteiger partial charge in [0, 0.05) is 11.6 Å². The van der Waals surface area contributed by atoms with Gasteiger partial charge in [-0.2, -0.15) is 0 Å². The highest BCUT2D eigenvalue weighted by molar-refractivity contribution is 6.05. The highest BCUT2D eigenvalue weighted by Gasteiger charge is 2.21. The quantitative estimate of drug-likeness (QED) is 0.414. The predicted molar refractivity (Wildman–Crippen MR) is 123 cm³/mol. The lowest BCUT2D eigenvalue weighted by molar-refractivity contribution is -0.118. The van der Waals surface area contributed by atoms with Crippen LogP contribution in [0.3, 0.4) is 0 Å². The lowest BCUT2D eigenvalue weighted by atomic mass is 9.98. The molecule has 0 saturated heterocycles. The van der Waals surface area contributed by atoms with Gasteiger partial charge in [0.25, 0.3) is 11.8 Å². The lowest BCUT2D eigenvalue weighted by Crippen LogP contribution is -2.37. The van der Waals surface area contributed by atoms with Crippen molar-refractivity contribution in [3.63, 3.8) is 0 Å². The lowest BCUT2D eigenvalue weighted by Gasteiger charge is -2.21. The second kappa shape index (κ2) is 10.1. The Morgan fingerprint density at radius 3 is 1.81 bits per heavy atom. The number of carbonyl (C=O) groups excluding carboxylic acids is 2. The third-order valence-electron chi connectivity index (χ3n) is 4.90. The van der Waals surface area contributed by atoms with Gasteiger partial charge < -0.3 is 15.1 Å². The smallest absolute Gasteiger partial charge is 0.268 e. The van der Waals surface area contributed by atoms with Crippen LogP contribution in [0.1, 0.15) is 33.3 Å². The highest BCUT2D eigenvalue weighted by Crippen LogP contribution is 2.22. The molecule has 0 aliphatic rings. The number of furan rings is 1. The Bertz CT molecular complexity index is 1150. The molecule has 1 aromatic heterocycles. The van der Waals surface area contributed by atoms with Crippen LogP contribution in [0.2, 0.25) is 0 Å². The van der Waals surface area contributed by atoms with Crippen LogP contribution in [0, 0.1) is 0 Å².